The predicted molar refractivity (Wildman–Crippen MR) is 192 cm³/mol. The van der Waals surface area contributed by atoms with Gasteiger partial charge in [-0.3, -0.25) is 4.79 Å². The molecule has 0 saturated heterocycles. The van der Waals surface area contributed by atoms with Crippen molar-refractivity contribution in [2.45, 2.75) is 116 Å². The molecule has 2 saturated carbocycles. The average Bonchev–Trinajstić information content (AvgIpc) is 3.56. The molecule has 2 fully saturated rings. The fraction of sp³-hybridized carbons (Fsp3) is 0.579. The van der Waals surface area contributed by atoms with Gasteiger partial charge in [-0.2, -0.15) is 0 Å². The minimum Gasteiger partial charge on any atom is -0.496 e. The van der Waals surface area contributed by atoms with E-state index in [0.29, 0.717) is 18.4 Å². The first-order valence-electron chi connectivity index (χ1n) is 17.2. The number of methoxy groups -OCH3 is 1. The number of thiazole rings is 1. The van der Waals surface area contributed by atoms with Crippen LogP contribution in [0.1, 0.15) is 94.2 Å². The second kappa shape index (κ2) is 15.0. The highest BCUT2D eigenvalue weighted by Gasteiger charge is 2.41. The number of hydrogen-bond donors (Lipinski definition) is 0. The highest BCUT2D eigenvalue weighted by molar-refractivity contribution is 7.09. The Bertz CT molecular complexity index is 1420. The summed E-state index contributed by atoms with van der Waals surface area (Å²) in [5.74, 6) is 3.04. The lowest BCUT2D eigenvalue weighted by molar-refractivity contribution is -0.124. The molecule has 0 atom stereocenters. The Hall–Kier alpha value is -2.68. The molecule has 0 unspecified atom stereocenters. The monoisotopic (exact) mass is 662 g/mol. The van der Waals surface area contributed by atoms with E-state index < -0.39 is 8.32 Å². The third-order valence-electron chi connectivity index (χ3n) is 10.7. The molecule has 3 aromatic rings. The van der Waals surface area contributed by atoms with Gasteiger partial charge in [-0.25, -0.2) is 4.98 Å². The van der Waals surface area contributed by atoms with Crippen molar-refractivity contribution in [3.8, 4) is 11.5 Å². The largest absolute Gasteiger partial charge is 0.496 e. The molecule has 8 heteroatoms. The molecular weight excluding hydrogens is 609 g/mol. The van der Waals surface area contributed by atoms with Crippen LogP contribution in [0.3, 0.4) is 0 Å². The number of anilines is 1. The summed E-state index contributed by atoms with van der Waals surface area (Å²) in [6, 6.07) is 14.7. The highest BCUT2D eigenvalue weighted by Crippen LogP contribution is 2.41. The summed E-state index contributed by atoms with van der Waals surface area (Å²) in [4.78, 5) is 20.8. The maximum absolute atomic E-state index is 14.4. The van der Waals surface area contributed by atoms with Crippen LogP contribution in [0.4, 0.5) is 5.69 Å². The minimum absolute atomic E-state index is 0.0257. The number of carbonyl (C=O) groups is 1. The maximum Gasteiger partial charge on any atom is 0.230 e. The smallest absolute Gasteiger partial charge is 0.230 e. The number of ether oxygens (including phenoxy) is 2. The third-order valence-corrected chi connectivity index (χ3v) is 16.0. The van der Waals surface area contributed by atoms with Gasteiger partial charge in [0.25, 0.3) is 0 Å². The van der Waals surface area contributed by atoms with E-state index in [1.54, 1.807) is 24.6 Å². The van der Waals surface area contributed by atoms with E-state index >= 15 is 0 Å². The zero-order valence-electron chi connectivity index (χ0n) is 29.0. The second-order valence-corrected chi connectivity index (χ2v) is 20.7. The SMILES string of the molecule is COc1ccc([C@H]2CC[C@H](CN(c3cccc(OCc4nccs4)c3)C(=O)[C@H]3CC[C@H](O[Si](C)(C)C(C)(C)C)CC3)CC2)cc1C. The fourth-order valence-corrected chi connectivity index (χ4v) is 8.82. The predicted octanol–water partition coefficient (Wildman–Crippen LogP) is 9.93. The van der Waals surface area contributed by atoms with Gasteiger partial charge >= 0.3 is 0 Å². The molecule has 250 valence electrons. The third kappa shape index (κ3) is 8.61. The van der Waals surface area contributed by atoms with Gasteiger partial charge in [0.1, 0.15) is 23.1 Å². The van der Waals surface area contributed by atoms with Crippen molar-refractivity contribution in [1.29, 1.82) is 0 Å². The van der Waals surface area contributed by atoms with Crippen LogP contribution in [0, 0.1) is 18.8 Å². The number of aryl methyl sites for hydroxylation is 1. The molecule has 6 nitrogen and oxygen atoms in total. The first-order chi connectivity index (χ1) is 21.9. The van der Waals surface area contributed by atoms with Crippen molar-refractivity contribution in [2.24, 2.45) is 11.8 Å². The lowest BCUT2D eigenvalue weighted by Crippen LogP contribution is -2.46. The summed E-state index contributed by atoms with van der Waals surface area (Å²) in [6.45, 7) is 14.9. The zero-order chi connectivity index (χ0) is 32.9. The van der Waals surface area contributed by atoms with Crippen molar-refractivity contribution in [3.63, 3.8) is 0 Å². The van der Waals surface area contributed by atoms with Gasteiger partial charge in [0, 0.05) is 41.9 Å². The first kappa shape index (κ1) is 34.6. The number of aromatic nitrogens is 1. The fourth-order valence-electron chi connectivity index (χ4n) is 6.87. The van der Waals surface area contributed by atoms with Gasteiger partial charge in [-0.15, -0.1) is 11.3 Å². The average molecular weight is 663 g/mol. The summed E-state index contributed by atoms with van der Waals surface area (Å²) < 4.78 is 18.4. The number of rotatable bonds is 11. The normalized spacial score (nSPS) is 22.3. The van der Waals surface area contributed by atoms with Crippen molar-refractivity contribution in [3.05, 3.63) is 70.2 Å². The molecule has 0 bridgehead atoms. The maximum atomic E-state index is 14.4. The lowest BCUT2D eigenvalue weighted by Gasteiger charge is -2.41. The topological polar surface area (TPSA) is 60.9 Å². The van der Waals surface area contributed by atoms with E-state index in [1.807, 2.05) is 23.6 Å². The second-order valence-electron chi connectivity index (χ2n) is 15.0. The summed E-state index contributed by atoms with van der Waals surface area (Å²) in [5.41, 5.74) is 3.54. The van der Waals surface area contributed by atoms with Crippen molar-refractivity contribution < 1.29 is 18.7 Å². The van der Waals surface area contributed by atoms with E-state index in [0.717, 1.165) is 80.1 Å². The molecule has 2 aromatic carbocycles. The Morgan fingerprint density at radius 3 is 2.37 bits per heavy atom. The Morgan fingerprint density at radius 1 is 1.00 bits per heavy atom. The molecule has 1 heterocycles. The van der Waals surface area contributed by atoms with Gasteiger partial charge in [0.05, 0.1) is 7.11 Å². The molecule has 5 rings (SSSR count). The molecular formula is C38H54N2O4SSi. The number of hydrogen-bond acceptors (Lipinski definition) is 6. The first-order valence-corrected chi connectivity index (χ1v) is 21.0. The summed E-state index contributed by atoms with van der Waals surface area (Å²) in [7, 11) is -0.103. The molecule has 0 spiro atoms. The van der Waals surface area contributed by atoms with Crippen LogP contribution in [0.25, 0.3) is 0 Å². The Kier molecular flexibility index (Phi) is 11.3. The van der Waals surface area contributed by atoms with Gasteiger partial charge in [0.15, 0.2) is 8.32 Å². The summed E-state index contributed by atoms with van der Waals surface area (Å²) in [5, 5.41) is 3.10. The Balaban J connectivity index is 1.27. The molecule has 2 aliphatic carbocycles. The van der Waals surface area contributed by atoms with Crippen LogP contribution in [0.2, 0.25) is 18.1 Å². The van der Waals surface area contributed by atoms with E-state index in [2.05, 4.69) is 74.9 Å². The minimum atomic E-state index is -1.84. The van der Waals surface area contributed by atoms with Crippen LogP contribution in [0.15, 0.2) is 54.0 Å². The summed E-state index contributed by atoms with van der Waals surface area (Å²) >= 11 is 1.59. The van der Waals surface area contributed by atoms with E-state index in [1.165, 1.54) is 11.1 Å². The van der Waals surface area contributed by atoms with Crippen LogP contribution >= 0.6 is 11.3 Å². The molecule has 2 aliphatic rings. The van der Waals surface area contributed by atoms with E-state index in [-0.39, 0.29) is 23.0 Å². The zero-order valence-corrected chi connectivity index (χ0v) is 30.8. The summed E-state index contributed by atoms with van der Waals surface area (Å²) in [6.07, 6.45) is 10.3. The van der Waals surface area contributed by atoms with Crippen LogP contribution in [-0.4, -0.2) is 39.0 Å². The number of benzene rings is 2. The van der Waals surface area contributed by atoms with E-state index in [9.17, 15) is 4.79 Å². The van der Waals surface area contributed by atoms with Crippen molar-refractivity contribution >= 4 is 31.2 Å². The van der Waals surface area contributed by atoms with Crippen LogP contribution in [-0.2, 0) is 15.8 Å². The molecule has 0 N–H and O–H groups in total. The number of amides is 1. The molecule has 1 aromatic heterocycles. The standard InChI is InChI=1S/C38H54N2O4SSi/c1-27-23-31(17-20-35(27)42-5)29-13-11-28(12-14-29)25-40(32-9-8-10-34(24-32)43-26-36-39-21-22-45-36)37(41)30-15-18-33(19-16-30)44-46(6,7)38(2,3)4/h8-10,17,20-24,28-30,33H,11-16,18-19,25-26H2,1-7H3/t28-,29-,30-,33-. The van der Waals surface area contributed by atoms with Gasteiger partial charge < -0.3 is 18.8 Å². The molecule has 0 aliphatic heterocycles. The van der Waals surface area contributed by atoms with Crippen molar-refractivity contribution in [2.75, 3.05) is 18.6 Å². The molecule has 46 heavy (non-hydrogen) atoms. The lowest BCUT2D eigenvalue weighted by atomic mass is 9.78. The quantitative estimate of drug-likeness (QED) is 0.191. The van der Waals surface area contributed by atoms with Crippen LogP contribution < -0.4 is 14.4 Å². The van der Waals surface area contributed by atoms with E-state index in [4.69, 9.17) is 13.9 Å². The number of nitrogens with zero attached hydrogens (tertiary/aromatic N) is 2. The number of carbonyl (C=O) groups excluding carboxylic acids is 1. The van der Waals surface area contributed by atoms with Gasteiger partial charge in [-0.05, 0) is 118 Å². The Morgan fingerprint density at radius 2 is 1.74 bits per heavy atom. The highest BCUT2D eigenvalue weighted by atomic mass is 32.1. The molecule has 1 amide bonds. The van der Waals surface area contributed by atoms with Crippen molar-refractivity contribution in [1.82, 2.24) is 4.98 Å². The van der Waals surface area contributed by atoms with Gasteiger partial charge in [0.2, 0.25) is 5.91 Å². The molecule has 0 radical (unpaired) electrons. The Labute approximate surface area is 282 Å². The van der Waals surface area contributed by atoms with Crippen LogP contribution in [0.5, 0.6) is 11.5 Å². The van der Waals surface area contributed by atoms with Gasteiger partial charge in [-0.1, -0.05) is 39.0 Å².